The zero-order valence-corrected chi connectivity index (χ0v) is 20.7. The summed E-state index contributed by atoms with van der Waals surface area (Å²) in [5.74, 6) is 4.89. The Kier molecular flexibility index (Phi) is 8.39. The van der Waals surface area contributed by atoms with Crippen LogP contribution >= 0.6 is 0 Å². The zero-order valence-electron chi connectivity index (χ0n) is 20.7. The number of aromatic nitrogens is 4. The van der Waals surface area contributed by atoms with Gasteiger partial charge in [-0.15, -0.1) is 5.10 Å². The first-order valence-electron chi connectivity index (χ1n) is 12.0. The van der Waals surface area contributed by atoms with E-state index in [1.54, 1.807) is 18.2 Å². The molecule has 0 saturated carbocycles. The summed E-state index contributed by atoms with van der Waals surface area (Å²) in [6.07, 6.45) is -0.223. The van der Waals surface area contributed by atoms with E-state index in [4.69, 9.17) is 11.6 Å². The first-order valence-corrected chi connectivity index (χ1v) is 12.0. The average Bonchev–Trinajstić information content (AvgIpc) is 3.33. The molecule has 0 aliphatic carbocycles. The Morgan fingerprint density at radius 2 is 1.87 bits per heavy atom. The Balaban J connectivity index is 1.23. The number of nitrogens with two attached hydrogens (primary N) is 2. The minimum absolute atomic E-state index is 0.0416. The van der Waals surface area contributed by atoms with E-state index in [2.05, 4.69) is 25.5 Å². The van der Waals surface area contributed by atoms with Gasteiger partial charge in [0, 0.05) is 29.9 Å². The topological polar surface area (TPSA) is 139 Å². The van der Waals surface area contributed by atoms with Gasteiger partial charge in [-0.05, 0) is 55.7 Å². The molecular formula is C26H26F4N8O. The Bertz CT molecular complexity index is 1480. The average molecular weight is 543 g/mol. The maximum Gasteiger partial charge on any atom is 0.416 e. The molecule has 13 heteroatoms. The minimum atomic E-state index is -4.51. The maximum absolute atomic E-state index is 14.1. The fraction of sp³-hybridized carbons (Fsp3) is 0.231. The van der Waals surface area contributed by atoms with Crippen LogP contribution in [0.2, 0.25) is 0 Å². The highest BCUT2D eigenvalue weighted by Gasteiger charge is 2.30. The number of amides is 1. The summed E-state index contributed by atoms with van der Waals surface area (Å²) in [7, 11) is 0. The molecule has 0 fully saturated rings. The van der Waals surface area contributed by atoms with Crippen LogP contribution in [0.25, 0.3) is 22.3 Å². The maximum atomic E-state index is 14.1. The van der Waals surface area contributed by atoms with E-state index in [1.807, 2.05) is 12.1 Å². The first-order chi connectivity index (χ1) is 18.6. The van der Waals surface area contributed by atoms with Crippen LogP contribution in [0, 0.1) is 5.82 Å². The third kappa shape index (κ3) is 7.29. The lowest BCUT2D eigenvalue weighted by atomic mass is 10.1. The van der Waals surface area contributed by atoms with E-state index >= 15 is 0 Å². The molecule has 6 N–H and O–H groups in total. The molecule has 4 aromatic rings. The lowest BCUT2D eigenvalue weighted by molar-refractivity contribution is -0.137. The number of carbonyl (C=O) groups excluding carboxylic acids is 1. The van der Waals surface area contributed by atoms with Gasteiger partial charge in [-0.3, -0.25) is 9.78 Å². The number of hydrogen-bond donors (Lipinski definition) is 4. The molecule has 9 nitrogen and oxygen atoms in total. The number of fused-ring (bicyclic) bond motifs is 1. The van der Waals surface area contributed by atoms with Crippen molar-refractivity contribution in [2.24, 2.45) is 11.6 Å². The summed E-state index contributed by atoms with van der Waals surface area (Å²) >= 11 is 0. The van der Waals surface area contributed by atoms with Gasteiger partial charge >= 0.3 is 6.18 Å². The number of hydrogen-bond acceptors (Lipinski definition) is 7. The zero-order chi connectivity index (χ0) is 28.0. The van der Waals surface area contributed by atoms with Crippen molar-refractivity contribution in [2.75, 3.05) is 6.54 Å². The third-order valence-corrected chi connectivity index (χ3v) is 5.83. The van der Waals surface area contributed by atoms with Crippen LogP contribution in [0.3, 0.4) is 0 Å². The summed E-state index contributed by atoms with van der Waals surface area (Å²) < 4.78 is 52.5. The molecule has 3 heterocycles. The summed E-state index contributed by atoms with van der Waals surface area (Å²) in [6.45, 7) is 0.163. The van der Waals surface area contributed by atoms with Crippen molar-refractivity contribution in [3.63, 3.8) is 0 Å². The normalized spacial score (nSPS) is 12.1. The van der Waals surface area contributed by atoms with Crippen molar-refractivity contribution in [2.45, 2.75) is 32.0 Å². The van der Waals surface area contributed by atoms with Gasteiger partial charge < -0.3 is 21.0 Å². The van der Waals surface area contributed by atoms with Crippen LogP contribution in [0.1, 0.15) is 29.8 Å². The van der Waals surface area contributed by atoms with E-state index in [0.717, 1.165) is 35.8 Å². The molecule has 1 aromatic carbocycles. The molecule has 3 aromatic heterocycles. The predicted octanol–water partition coefficient (Wildman–Crippen LogP) is 3.79. The van der Waals surface area contributed by atoms with Crippen LogP contribution in [0.5, 0.6) is 0 Å². The summed E-state index contributed by atoms with van der Waals surface area (Å²) in [6, 6.07) is 11.9. The number of aryl methyl sites for hydroxylation is 1. The first kappa shape index (κ1) is 27.5. The quantitative estimate of drug-likeness (QED) is 0.0786. The Hall–Kier alpha value is -4.52. The number of halogens is 4. The van der Waals surface area contributed by atoms with Gasteiger partial charge in [-0.2, -0.15) is 18.3 Å². The van der Waals surface area contributed by atoms with Crippen LogP contribution < -0.4 is 16.9 Å². The van der Waals surface area contributed by atoms with Crippen molar-refractivity contribution >= 4 is 16.9 Å². The molecule has 0 aliphatic rings. The van der Waals surface area contributed by atoms with E-state index < -0.39 is 17.6 Å². The largest absolute Gasteiger partial charge is 0.416 e. The molecule has 204 valence electrons. The molecule has 1 amide bonds. The smallest absolute Gasteiger partial charge is 0.393 e. The fourth-order valence-corrected chi connectivity index (χ4v) is 3.85. The number of carbonyl (C=O) groups is 1. The van der Waals surface area contributed by atoms with Crippen molar-refractivity contribution < 1.29 is 22.4 Å². The van der Waals surface area contributed by atoms with Gasteiger partial charge in [0.05, 0.1) is 29.2 Å². The second kappa shape index (κ2) is 11.9. The van der Waals surface area contributed by atoms with Gasteiger partial charge in [-0.1, -0.05) is 12.1 Å². The van der Waals surface area contributed by atoms with Gasteiger partial charge in [-0.25, -0.2) is 10.2 Å². The molecule has 39 heavy (non-hydrogen) atoms. The number of hydrazine groups is 1. The molecule has 0 radical (unpaired) electrons. The molecule has 4 rings (SSSR count). The number of rotatable bonds is 10. The van der Waals surface area contributed by atoms with E-state index in [9.17, 15) is 22.4 Å². The second-order valence-electron chi connectivity index (χ2n) is 8.80. The van der Waals surface area contributed by atoms with Gasteiger partial charge in [0.1, 0.15) is 11.5 Å². The lowest BCUT2D eigenvalue weighted by Crippen LogP contribution is -2.33. The number of H-pyrrole nitrogens is 1. The Labute approximate surface area is 220 Å². The number of benzene rings is 1. The van der Waals surface area contributed by atoms with Gasteiger partial charge in [0.2, 0.25) is 0 Å². The monoisotopic (exact) mass is 542 g/mol. The van der Waals surface area contributed by atoms with E-state index in [1.165, 1.54) is 17.3 Å². The highest BCUT2D eigenvalue weighted by atomic mass is 19.4. The number of alkyl halides is 3. The third-order valence-electron chi connectivity index (χ3n) is 5.83. The number of nitrogens with one attached hydrogen (secondary N) is 2. The molecule has 0 unspecified atom stereocenters. The fourth-order valence-electron chi connectivity index (χ4n) is 3.85. The minimum Gasteiger partial charge on any atom is -0.393 e. The number of unbranched alkanes of at least 4 members (excludes halogenated alkanes) is 1. The lowest BCUT2D eigenvalue weighted by Gasteiger charge is -2.15. The molecule has 0 spiro atoms. The Morgan fingerprint density at radius 3 is 2.64 bits per heavy atom. The van der Waals surface area contributed by atoms with Crippen LogP contribution in [-0.2, 0) is 23.9 Å². The SMILES string of the molecule is N/C(=C\N(N)CCCCc1cc2cc(-c3ccccc3F)[nH]c2nn1)C(=O)NCc1cc(C(F)(F)F)ccn1. The van der Waals surface area contributed by atoms with Gasteiger partial charge in [0.15, 0.2) is 5.65 Å². The summed E-state index contributed by atoms with van der Waals surface area (Å²) in [4.78, 5) is 19.1. The van der Waals surface area contributed by atoms with E-state index in [0.29, 0.717) is 36.3 Å². The highest BCUT2D eigenvalue weighted by Crippen LogP contribution is 2.29. The second-order valence-corrected chi connectivity index (χ2v) is 8.80. The van der Waals surface area contributed by atoms with Crippen LogP contribution in [-0.4, -0.2) is 37.6 Å². The summed E-state index contributed by atoms with van der Waals surface area (Å²) in [5, 5.41) is 12.9. The highest BCUT2D eigenvalue weighted by molar-refractivity contribution is 5.92. The number of pyridine rings is 1. The van der Waals surface area contributed by atoms with Crippen molar-refractivity contribution in [1.29, 1.82) is 0 Å². The van der Waals surface area contributed by atoms with Crippen molar-refractivity contribution in [1.82, 2.24) is 30.5 Å². The Morgan fingerprint density at radius 1 is 1.08 bits per heavy atom. The molecular weight excluding hydrogens is 516 g/mol. The van der Waals surface area contributed by atoms with Crippen molar-refractivity contribution in [3.8, 4) is 11.3 Å². The molecule has 0 bridgehead atoms. The standard InChI is InChI=1S/C26H26F4N8O/c27-21-7-2-1-6-20(21)23-12-16-11-18(36-37-24(16)35-23)5-3-4-10-38(32)15-22(31)25(39)34-14-19-13-17(8-9-33-19)26(28,29)30/h1-2,6-9,11-13,15H,3-5,10,14,31-32H2,(H,34,39)(H,35,37)/b22-15-. The van der Waals surface area contributed by atoms with Crippen molar-refractivity contribution in [3.05, 3.63) is 89.4 Å². The van der Waals surface area contributed by atoms with Crippen LogP contribution in [0.4, 0.5) is 17.6 Å². The molecule has 0 aliphatic heterocycles. The molecule has 0 atom stereocenters. The predicted molar refractivity (Wildman–Crippen MR) is 136 cm³/mol. The van der Waals surface area contributed by atoms with E-state index in [-0.39, 0.29) is 23.8 Å². The number of nitrogens with zero attached hydrogens (tertiary/aromatic N) is 4. The van der Waals surface area contributed by atoms with Crippen LogP contribution in [0.15, 0.2) is 66.6 Å². The van der Waals surface area contributed by atoms with Gasteiger partial charge in [0.25, 0.3) is 5.91 Å². The number of aromatic amines is 1. The molecule has 0 saturated heterocycles. The summed E-state index contributed by atoms with van der Waals surface area (Å²) in [5.41, 5.74) is 7.15.